The lowest BCUT2D eigenvalue weighted by atomic mass is 10.0. The summed E-state index contributed by atoms with van der Waals surface area (Å²) in [6.45, 7) is 6.67. The smallest absolute Gasteiger partial charge is 0.306 e. The molecule has 0 aliphatic rings. The molecule has 0 aromatic heterocycles. The highest BCUT2D eigenvalue weighted by Gasteiger charge is 2.19. The van der Waals surface area contributed by atoms with Crippen molar-refractivity contribution in [2.24, 2.45) is 0 Å². The molecule has 0 spiro atoms. The summed E-state index contributed by atoms with van der Waals surface area (Å²) < 4.78 is 17.0. The van der Waals surface area contributed by atoms with E-state index in [2.05, 4.69) is 69.4 Å². The van der Waals surface area contributed by atoms with Crippen LogP contribution in [-0.2, 0) is 28.6 Å². The fourth-order valence-electron chi connectivity index (χ4n) is 10.5. The molecule has 0 aliphatic heterocycles. The van der Waals surface area contributed by atoms with Crippen LogP contribution in [0.2, 0.25) is 0 Å². The minimum atomic E-state index is -0.779. The molecule has 6 nitrogen and oxygen atoms in total. The summed E-state index contributed by atoms with van der Waals surface area (Å²) >= 11 is 0. The van der Waals surface area contributed by atoms with Gasteiger partial charge in [0.25, 0.3) is 0 Å². The maximum Gasteiger partial charge on any atom is 0.306 e. The first-order valence-corrected chi connectivity index (χ1v) is 35.1. The van der Waals surface area contributed by atoms with Crippen molar-refractivity contribution in [2.75, 3.05) is 13.2 Å². The Hall–Kier alpha value is -2.63. The Balaban J connectivity index is 4.27. The van der Waals surface area contributed by atoms with Crippen molar-refractivity contribution in [3.05, 3.63) is 48.6 Å². The van der Waals surface area contributed by atoms with Crippen LogP contribution in [0.1, 0.15) is 380 Å². The van der Waals surface area contributed by atoms with Crippen LogP contribution < -0.4 is 0 Å². The van der Waals surface area contributed by atoms with Gasteiger partial charge in [-0.05, 0) is 83.5 Å². The zero-order valence-electron chi connectivity index (χ0n) is 53.2. The molecule has 0 rings (SSSR count). The molecule has 79 heavy (non-hydrogen) atoms. The normalized spacial score (nSPS) is 12.3. The van der Waals surface area contributed by atoms with Gasteiger partial charge in [0, 0.05) is 19.3 Å². The highest BCUT2D eigenvalue weighted by atomic mass is 16.6. The highest BCUT2D eigenvalue weighted by Crippen LogP contribution is 2.18. The average molecular weight is 1110 g/mol. The van der Waals surface area contributed by atoms with Gasteiger partial charge in [0.05, 0.1) is 0 Å². The number of hydrogen-bond donors (Lipinski definition) is 0. The Morgan fingerprint density at radius 3 is 0.747 bits per heavy atom. The number of carbonyl (C=O) groups is 3. The quantitative estimate of drug-likeness (QED) is 0.0261. The van der Waals surface area contributed by atoms with E-state index < -0.39 is 6.10 Å². The molecule has 0 aromatic rings. The molecule has 0 radical (unpaired) electrons. The van der Waals surface area contributed by atoms with Crippen molar-refractivity contribution in [2.45, 2.75) is 386 Å². The van der Waals surface area contributed by atoms with E-state index >= 15 is 0 Å². The number of carbonyl (C=O) groups excluding carboxylic acids is 3. The molecule has 0 aliphatic carbocycles. The van der Waals surface area contributed by atoms with Gasteiger partial charge in [-0.3, -0.25) is 14.4 Å². The van der Waals surface area contributed by atoms with Gasteiger partial charge in [-0.15, -0.1) is 0 Å². The van der Waals surface area contributed by atoms with E-state index in [1.165, 1.54) is 263 Å². The first-order chi connectivity index (χ1) is 39.0. The topological polar surface area (TPSA) is 78.9 Å². The van der Waals surface area contributed by atoms with Gasteiger partial charge in [-0.1, -0.05) is 326 Å². The van der Waals surface area contributed by atoms with Crippen LogP contribution in [0.5, 0.6) is 0 Å². The van der Waals surface area contributed by atoms with E-state index in [9.17, 15) is 14.4 Å². The van der Waals surface area contributed by atoms with Gasteiger partial charge >= 0.3 is 17.9 Å². The Labute approximate surface area is 492 Å². The van der Waals surface area contributed by atoms with E-state index in [0.29, 0.717) is 19.3 Å². The molecule has 1 atom stereocenters. The molecule has 462 valence electrons. The predicted molar refractivity (Wildman–Crippen MR) is 344 cm³/mol. The summed E-state index contributed by atoms with van der Waals surface area (Å²) in [6.07, 6.45) is 85.6. The number of esters is 3. The molecule has 0 amide bonds. The zero-order valence-corrected chi connectivity index (χ0v) is 53.2. The second-order valence-corrected chi connectivity index (χ2v) is 23.8. The van der Waals surface area contributed by atoms with Crippen molar-refractivity contribution >= 4 is 17.9 Å². The van der Waals surface area contributed by atoms with Gasteiger partial charge in [-0.2, -0.15) is 0 Å². The Bertz CT molecular complexity index is 1360. The zero-order chi connectivity index (χ0) is 57.1. The van der Waals surface area contributed by atoms with E-state index in [1.54, 1.807) is 0 Å². The number of hydrogen-bond acceptors (Lipinski definition) is 6. The molecule has 0 fully saturated rings. The molecule has 0 bridgehead atoms. The lowest BCUT2D eigenvalue weighted by Gasteiger charge is -2.18. The van der Waals surface area contributed by atoms with Crippen molar-refractivity contribution < 1.29 is 28.6 Å². The summed E-state index contributed by atoms with van der Waals surface area (Å²) in [7, 11) is 0. The minimum absolute atomic E-state index is 0.0738. The van der Waals surface area contributed by atoms with Gasteiger partial charge in [-0.25, -0.2) is 0 Å². The van der Waals surface area contributed by atoms with Crippen LogP contribution >= 0.6 is 0 Å². The molecular formula is C73H134O6. The second-order valence-electron chi connectivity index (χ2n) is 23.8. The van der Waals surface area contributed by atoms with Crippen molar-refractivity contribution in [3.63, 3.8) is 0 Å². The number of unbranched alkanes of at least 4 members (excludes halogenated alkanes) is 46. The van der Waals surface area contributed by atoms with E-state index in [-0.39, 0.29) is 31.1 Å². The third-order valence-corrected chi connectivity index (χ3v) is 15.8. The van der Waals surface area contributed by atoms with Crippen molar-refractivity contribution in [3.8, 4) is 0 Å². The maximum atomic E-state index is 12.9. The van der Waals surface area contributed by atoms with Crippen LogP contribution in [-0.4, -0.2) is 37.2 Å². The fourth-order valence-corrected chi connectivity index (χ4v) is 10.5. The van der Waals surface area contributed by atoms with E-state index in [0.717, 1.165) is 77.0 Å². The molecule has 0 aromatic carbocycles. The largest absolute Gasteiger partial charge is 0.462 e. The Kier molecular flexibility index (Phi) is 65.6. The van der Waals surface area contributed by atoms with Gasteiger partial charge in [0.1, 0.15) is 13.2 Å². The summed E-state index contributed by atoms with van der Waals surface area (Å²) in [5.74, 6) is -0.860. The molecule has 1 unspecified atom stereocenters. The van der Waals surface area contributed by atoms with Crippen LogP contribution in [0, 0.1) is 0 Å². The molecule has 0 N–H and O–H groups in total. The third kappa shape index (κ3) is 66.1. The highest BCUT2D eigenvalue weighted by molar-refractivity contribution is 5.71. The molecule has 0 saturated heterocycles. The summed E-state index contributed by atoms with van der Waals surface area (Å²) in [4.78, 5) is 38.4. The van der Waals surface area contributed by atoms with Crippen LogP contribution in [0.15, 0.2) is 48.6 Å². The SMILES string of the molecule is CCCCC/C=C\C/C=C\C/C=C\CCCCCCCCC(=O)OC(COC(=O)CCCCCCCCCCCCCCCCC)COC(=O)CCCCCCCCCCCCCCCCC/C=C\CCCCCCCCCC. The van der Waals surface area contributed by atoms with Crippen LogP contribution in [0.4, 0.5) is 0 Å². The van der Waals surface area contributed by atoms with E-state index in [1.807, 2.05) is 0 Å². The van der Waals surface area contributed by atoms with Crippen LogP contribution in [0.3, 0.4) is 0 Å². The van der Waals surface area contributed by atoms with Gasteiger partial charge in [0.15, 0.2) is 6.10 Å². The summed E-state index contributed by atoms with van der Waals surface area (Å²) in [5, 5.41) is 0. The first kappa shape index (κ1) is 76.4. The molecule has 6 heteroatoms. The number of allylic oxidation sites excluding steroid dienone is 8. The Morgan fingerprint density at radius 2 is 0.456 bits per heavy atom. The fraction of sp³-hybridized carbons (Fsp3) is 0.849. The lowest BCUT2D eigenvalue weighted by molar-refractivity contribution is -0.167. The maximum absolute atomic E-state index is 12.9. The summed E-state index contributed by atoms with van der Waals surface area (Å²) in [6, 6.07) is 0. The molecule has 0 heterocycles. The number of ether oxygens (including phenoxy) is 3. The van der Waals surface area contributed by atoms with Gasteiger partial charge < -0.3 is 14.2 Å². The Morgan fingerprint density at radius 1 is 0.253 bits per heavy atom. The van der Waals surface area contributed by atoms with E-state index in [4.69, 9.17) is 14.2 Å². The lowest BCUT2D eigenvalue weighted by Crippen LogP contribution is -2.30. The van der Waals surface area contributed by atoms with Crippen molar-refractivity contribution in [1.82, 2.24) is 0 Å². The second kappa shape index (κ2) is 67.9. The number of rotatable bonds is 65. The van der Waals surface area contributed by atoms with Crippen LogP contribution in [0.25, 0.3) is 0 Å². The summed E-state index contributed by atoms with van der Waals surface area (Å²) in [5.41, 5.74) is 0. The third-order valence-electron chi connectivity index (χ3n) is 15.8. The first-order valence-electron chi connectivity index (χ1n) is 35.1. The average Bonchev–Trinajstić information content (AvgIpc) is 3.45. The molecular weight excluding hydrogens is 973 g/mol. The monoisotopic (exact) mass is 1110 g/mol. The minimum Gasteiger partial charge on any atom is -0.462 e. The predicted octanol–water partition coefficient (Wildman–Crippen LogP) is 24.1. The standard InChI is InChI=1S/C73H134O6/c1-4-7-10-13-16-19-22-25-28-30-32-33-34-35-36-37-38-39-41-42-45-48-51-54-57-60-63-66-72(75)78-69-70(68-77-71(74)65-62-59-56-53-50-47-44-27-24-21-18-15-12-9-6-3)79-73(76)67-64-61-58-55-52-49-46-43-40-31-29-26-23-20-17-14-11-8-5-2/h17,20,26,29-30,32,40,43,70H,4-16,18-19,21-25,27-28,31,33-39,41-42,44-69H2,1-3H3/b20-17-,29-26-,32-30-,43-40-. The van der Waals surface area contributed by atoms with Gasteiger partial charge in [0.2, 0.25) is 0 Å². The molecule has 0 saturated carbocycles. The van der Waals surface area contributed by atoms with Crippen molar-refractivity contribution in [1.29, 1.82) is 0 Å².